The van der Waals surface area contributed by atoms with Gasteiger partial charge in [0.15, 0.2) is 0 Å². The molecule has 3 nitrogen and oxygen atoms in total. The van der Waals surface area contributed by atoms with Crippen LogP contribution in [0.25, 0.3) is 0 Å². The van der Waals surface area contributed by atoms with Crippen LogP contribution in [-0.4, -0.2) is 36.6 Å². The van der Waals surface area contributed by atoms with Crippen LogP contribution in [0.15, 0.2) is 18.2 Å². The number of hydrogen-bond acceptors (Lipinski definition) is 3. The molecule has 0 amide bonds. The zero-order valence-electron chi connectivity index (χ0n) is 12.1. The van der Waals surface area contributed by atoms with Gasteiger partial charge in [-0.15, -0.1) is 0 Å². The van der Waals surface area contributed by atoms with Crippen LogP contribution in [-0.2, 0) is 6.54 Å². The van der Waals surface area contributed by atoms with E-state index in [1.165, 1.54) is 0 Å². The molecule has 1 aromatic carbocycles. The first-order valence-corrected chi connectivity index (χ1v) is 6.90. The smallest absolute Gasteiger partial charge is 0.146 e. The number of piperazine rings is 1. The molecule has 19 heavy (non-hydrogen) atoms. The van der Waals surface area contributed by atoms with E-state index < -0.39 is 0 Å². The van der Waals surface area contributed by atoms with Crippen molar-refractivity contribution in [3.63, 3.8) is 0 Å². The van der Waals surface area contributed by atoms with E-state index in [4.69, 9.17) is 5.73 Å². The standard InChI is InChI=1S/C15H24FN3/c1-15(2,3)19-8-6-18(7-9-19)14-5-4-12(11-17)10-13(14)16/h4-5,10H,6-9,11,17H2,1-3H3. The minimum Gasteiger partial charge on any atom is -0.367 e. The first-order chi connectivity index (χ1) is 8.91. The number of rotatable bonds is 2. The Bertz CT molecular complexity index is 432. The molecule has 0 saturated carbocycles. The van der Waals surface area contributed by atoms with Gasteiger partial charge in [0.05, 0.1) is 5.69 Å². The monoisotopic (exact) mass is 265 g/mol. The molecule has 0 aromatic heterocycles. The molecule has 1 fully saturated rings. The van der Waals surface area contributed by atoms with E-state index in [-0.39, 0.29) is 11.4 Å². The van der Waals surface area contributed by atoms with Crippen LogP contribution in [0.3, 0.4) is 0 Å². The van der Waals surface area contributed by atoms with Crippen LogP contribution in [0.4, 0.5) is 10.1 Å². The van der Waals surface area contributed by atoms with Gasteiger partial charge < -0.3 is 10.6 Å². The maximum Gasteiger partial charge on any atom is 0.146 e. The molecule has 1 aromatic rings. The van der Waals surface area contributed by atoms with Gasteiger partial charge >= 0.3 is 0 Å². The molecule has 2 N–H and O–H groups in total. The average molecular weight is 265 g/mol. The Kier molecular flexibility index (Phi) is 4.11. The predicted molar refractivity (Wildman–Crippen MR) is 77.8 cm³/mol. The molecule has 1 saturated heterocycles. The summed E-state index contributed by atoms with van der Waals surface area (Å²) in [6, 6.07) is 5.31. The quantitative estimate of drug-likeness (QED) is 0.890. The fourth-order valence-electron chi connectivity index (χ4n) is 2.55. The molecule has 0 spiro atoms. The summed E-state index contributed by atoms with van der Waals surface area (Å²) >= 11 is 0. The van der Waals surface area contributed by atoms with Crippen LogP contribution in [0.1, 0.15) is 26.3 Å². The van der Waals surface area contributed by atoms with Crippen molar-refractivity contribution in [2.45, 2.75) is 32.9 Å². The number of nitrogens with zero attached hydrogens (tertiary/aromatic N) is 2. The molecule has 0 aliphatic carbocycles. The van der Waals surface area contributed by atoms with Crippen molar-refractivity contribution in [3.05, 3.63) is 29.6 Å². The van der Waals surface area contributed by atoms with Gasteiger partial charge in [0.2, 0.25) is 0 Å². The van der Waals surface area contributed by atoms with Gasteiger partial charge in [-0.25, -0.2) is 4.39 Å². The molecule has 0 radical (unpaired) electrons. The second-order valence-electron chi connectivity index (χ2n) is 6.13. The van der Waals surface area contributed by atoms with Crippen molar-refractivity contribution >= 4 is 5.69 Å². The van der Waals surface area contributed by atoms with Gasteiger partial charge in [-0.3, -0.25) is 4.90 Å². The van der Waals surface area contributed by atoms with Gasteiger partial charge in [-0.2, -0.15) is 0 Å². The van der Waals surface area contributed by atoms with Crippen LogP contribution >= 0.6 is 0 Å². The highest BCUT2D eigenvalue weighted by Gasteiger charge is 2.26. The Morgan fingerprint density at radius 3 is 2.26 bits per heavy atom. The number of nitrogens with two attached hydrogens (primary N) is 1. The van der Waals surface area contributed by atoms with Crippen molar-refractivity contribution < 1.29 is 4.39 Å². The molecule has 1 aliphatic heterocycles. The molecule has 0 unspecified atom stereocenters. The maximum absolute atomic E-state index is 14.0. The van der Waals surface area contributed by atoms with E-state index in [2.05, 4.69) is 30.6 Å². The van der Waals surface area contributed by atoms with Crippen LogP contribution in [0, 0.1) is 5.82 Å². The van der Waals surface area contributed by atoms with E-state index in [1.807, 2.05) is 12.1 Å². The van der Waals surface area contributed by atoms with E-state index in [9.17, 15) is 4.39 Å². The highest BCUT2D eigenvalue weighted by molar-refractivity contribution is 5.49. The SMILES string of the molecule is CC(C)(C)N1CCN(c2ccc(CN)cc2F)CC1. The number of halogens is 1. The summed E-state index contributed by atoms with van der Waals surface area (Å²) in [6.45, 7) is 10.7. The van der Waals surface area contributed by atoms with Crippen molar-refractivity contribution in [1.29, 1.82) is 0 Å². The lowest BCUT2D eigenvalue weighted by atomic mass is 10.0. The zero-order chi connectivity index (χ0) is 14.0. The Balaban J connectivity index is 2.06. The summed E-state index contributed by atoms with van der Waals surface area (Å²) in [6.07, 6.45) is 0. The Hall–Kier alpha value is -1.13. The van der Waals surface area contributed by atoms with Crippen LogP contribution in [0.2, 0.25) is 0 Å². The summed E-state index contributed by atoms with van der Waals surface area (Å²) in [4.78, 5) is 4.56. The molecule has 4 heteroatoms. The Labute approximate surface area is 115 Å². The van der Waals surface area contributed by atoms with Crippen molar-refractivity contribution in [3.8, 4) is 0 Å². The molecular formula is C15H24FN3. The van der Waals surface area contributed by atoms with Crippen molar-refractivity contribution in [2.75, 3.05) is 31.1 Å². The summed E-state index contributed by atoms with van der Waals surface area (Å²) in [5, 5.41) is 0. The second-order valence-corrected chi connectivity index (χ2v) is 6.13. The van der Waals surface area contributed by atoms with Gasteiger partial charge in [-0.05, 0) is 38.5 Å². The van der Waals surface area contributed by atoms with Gasteiger partial charge in [0.1, 0.15) is 5.82 Å². The van der Waals surface area contributed by atoms with E-state index in [1.54, 1.807) is 6.07 Å². The zero-order valence-corrected chi connectivity index (χ0v) is 12.1. The van der Waals surface area contributed by atoms with Gasteiger partial charge in [0.25, 0.3) is 0 Å². The summed E-state index contributed by atoms with van der Waals surface area (Å²) in [5.41, 5.74) is 7.26. The lowest BCUT2D eigenvalue weighted by molar-refractivity contribution is 0.128. The van der Waals surface area contributed by atoms with E-state index in [0.29, 0.717) is 12.2 Å². The summed E-state index contributed by atoms with van der Waals surface area (Å²) in [5.74, 6) is -0.160. The molecule has 2 rings (SSSR count). The fraction of sp³-hybridized carbons (Fsp3) is 0.600. The predicted octanol–water partition coefficient (Wildman–Crippen LogP) is 2.20. The van der Waals surface area contributed by atoms with Crippen LogP contribution < -0.4 is 10.6 Å². The molecular weight excluding hydrogens is 241 g/mol. The third kappa shape index (κ3) is 3.25. The first-order valence-electron chi connectivity index (χ1n) is 6.90. The average Bonchev–Trinajstić information content (AvgIpc) is 2.37. The summed E-state index contributed by atoms with van der Waals surface area (Å²) < 4.78 is 14.0. The largest absolute Gasteiger partial charge is 0.367 e. The Morgan fingerprint density at radius 2 is 1.79 bits per heavy atom. The molecule has 1 heterocycles. The second kappa shape index (κ2) is 5.47. The number of anilines is 1. The lowest BCUT2D eigenvalue weighted by Gasteiger charge is -2.43. The van der Waals surface area contributed by atoms with Crippen molar-refractivity contribution in [2.24, 2.45) is 5.73 Å². The normalized spacial score (nSPS) is 17.8. The minimum atomic E-state index is -0.160. The highest BCUT2D eigenvalue weighted by Crippen LogP contribution is 2.24. The van der Waals surface area contributed by atoms with Crippen molar-refractivity contribution in [1.82, 2.24) is 4.90 Å². The molecule has 0 atom stereocenters. The fourth-order valence-corrected chi connectivity index (χ4v) is 2.55. The Morgan fingerprint density at radius 1 is 1.16 bits per heavy atom. The lowest BCUT2D eigenvalue weighted by Crippen LogP contribution is -2.53. The van der Waals surface area contributed by atoms with Crippen LogP contribution in [0.5, 0.6) is 0 Å². The first kappa shape index (κ1) is 14.3. The summed E-state index contributed by atoms with van der Waals surface area (Å²) in [7, 11) is 0. The number of hydrogen-bond donors (Lipinski definition) is 1. The minimum absolute atomic E-state index is 0.160. The topological polar surface area (TPSA) is 32.5 Å². The maximum atomic E-state index is 14.0. The van der Waals surface area contributed by atoms with E-state index >= 15 is 0 Å². The molecule has 106 valence electrons. The number of benzene rings is 1. The molecule has 1 aliphatic rings. The third-order valence-electron chi connectivity index (χ3n) is 3.82. The third-order valence-corrected chi connectivity index (χ3v) is 3.82. The molecule has 0 bridgehead atoms. The van der Waals surface area contributed by atoms with Gasteiger partial charge in [-0.1, -0.05) is 6.07 Å². The van der Waals surface area contributed by atoms with Gasteiger partial charge in [0, 0.05) is 38.3 Å². The van der Waals surface area contributed by atoms with E-state index in [0.717, 1.165) is 31.7 Å². The highest BCUT2D eigenvalue weighted by atomic mass is 19.1.